The zero-order valence-electron chi connectivity index (χ0n) is 15.4. The minimum Gasteiger partial charge on any atom is -0.489 e. The quantitative estimate of drug-likeness (QED) is 0.608. The lowest BCUT2D eigenvalue weighted by Crippen LogP contribution is -2.30. The standard InChI is InChI=1S/C24H20N2O.ClH/c1-2-6-18(7-3-1)17-27-21-12-10-19(11-13-21)23-16-20-8-4-5-9-22(20)24-25-14-15-26(23)24;/h1-13,16H,14-15,17H2;1H. The van der Waals surface area contributed by atoms with Crippen molar-refractivity contribution >= 4 is 30.0 Å². The second-order valence-electron chi connectivity index (χ2n) is 6.77. The smallest absolute Gasteiger partial charge is 0.136 e. The highest BCUT2D eigenvalue weighted by Gasteiger charge is 2.28. The number of amidine groups is 1. The zero-order chi connectivity index (χ0) is 18.1. The fraction of sp³-hybridized carbons (Fsp3) is 0.125. The van der Waals surface area contributed by atoms with Gasteiger partial charge in [0.05, 0.1) is 12.2 Å². The van der Waals surface area contributed by atoms with Crippen molar-refractivity contribution in [3.63, 3.8) is 0 Å². The fourth-order valence-corrected chi connectivity index (χ4v) is 3.67. The van der Waals surface area contributed by atoms with Crippen LogP contribution in [0.25, 0.3) is 11.8 Å². The lowest BCUT2D eigenvalue weighted by Gasteiger charge is -2.29. The van der Waals surface area contributed by atoms with Crippen LogP contribution in [-0.4, -0.2) is 23.8 Å². The summed E-state index contributed by atoms with van der Waals surface area (Å²) >= 11 is 0. The van der Waals surface area contributed by atoms with Crippen LogP contribution in [0.3, 0.4) is 0 Å². The summed E-state index contributed by atoms with van der Waals surface area (Å²) in [5, 5.41) is 0. The van der Waals surface area contributed by atoms with Gasteiger partial charge in [0.1, 0.15) is 18.2 Å². The van der Waals surface area contributed by atoms with Crippen LogP contribution in [0.2, 0.25) is 0 Å². The Hall–Kier alpha value is -3.04. The number of fused-ring (bicyclic) bond motifs is 3. The molecule has 4 heteroatoms. The van der Waals surface area contributed by atoms with Crippen LogP contribution in [0.15, 0.2) is 83.9 Å². The summed E-state index contributed by atoms with van der Waals surface area (Å²) in [6.45, 7) is 2.36. The summed E-state index contributed by atoms with van der Waals surface area (Å²) < 4.78 is 5.92. The monoisotopic (exact) mass is 388 g/mol. The van der Waals surface area contributed by atoms with Gasteiger partial charge in [0.2, 0.25) is 0 Å². The number of halogens is 1. The van der Waals surface area contributed by atoms with Crippen LogP contribution in [-0.2, 0) is 6.61 Å². The molecule has 2 heterocycles. The lowest BCUT2D eigenvalue weighted by molar-refractivity contribution is 0.306. The minimum atomic E-state index is 0. The van der Waals surface area contributed by atoms with E-state index in [0.717, 1.165) is 24.7 Å². The molecule has 140 valence electrons. The van der Waals surface area contributed by atoms with Gasteiger partial charge in [0.25, 0.3) is 0 Å². The molecule has 0 amide bonds. The summed E-state index contributed by atoms with van der Waals surface area (Å²) in [4.78, 5) is 7.05. The Morgan fingerprint density at radius 3 is 2.43 bits per heavy atom. The zero-order valence-corrected chi connectivity index (χ0v) is 16.2. The molecule has 0 aliphatic carbocycles. The number of ether oxygens (including phenoxy) is 1. The van der Waals surface area contributed by atoms with Crippen molar-refractivity contribution in [2.24, 2.45) is 4.99 Å². The summed E-state index contributed by atoms with van der Waals surface area (Å²) in [5.74, 6) is 1.97. The molecule has 5 rings (SSSR count). The largest absolute Gasteiger partial charge is 0.489 e. The third-order valence-corrected chi connectivity index (χ3v) is 5.02. The molecule has 0 aromatic heterocycles. The van der Waals surface area contributed by atoms with Crippen LogP contribution in [0.4, 0.5) is 0 Å². The van der Waals surface area contributed by atoms with Gasteiger partial charge >= 0.3 is 0 Å². The van der Waals surface area contributed by atoms with Gasteiger partial charge in [0, 0.05) is 12.1 Å². The molecule has 0 bridgehead atoms. The Morgan fingerprint density at radius 1 is 0.857 bits per heavy atom. The molecule has 0 spiro atoms. The van der Waals surface area contributed by atoms with Gasteiger partial charge in [-0.3, -0.25) is 4.99 Å². The first kappa shape index (κ1) is 18.3. The molecule has 2 aliphatic rings. The summed E-state index contributed by atoms with van der Waals surface area (Å²) in [6, 6.07) is 27.1. The topological polar surface area (TPSA) is 24.8 Å². The van der Waals surface area contributed by atoms with E-state index in [1.807, 2.05) is 30.3 Å². The Bertz CT molecular complexity index is 1030. The van der Waals surface area contributed by atoms with Crippen molar-refractivity contribution in [2.75, 3.05) is 13.1 Å². The van der Waals surface area contributed by atoms with Crippen molar-refractivity contribution in [1.29, 1.82) is 0 Å². The highest BCUT2D eigenvalue weighted by molar-refractivity contribution is 6.12. The molecule has 0 atom stereocenters. The van der Waals surface area contributed by atoms with Gasteiger partial charge in [-0.1, -0.05) is 54.6 Å². The maximum Gasteiger partial charge on any atom is 0.136 e. The van der Waals surface area contributed by atoms with Crippen LogP contribution in [0.1, 0.15) is 22.3 Å². The molecule has 0 fully saturated rings. The summed E-state index contributed by atoms with van der Waals surface area (Å²) in [5.41, 5.74) is 6.02. The molecule has 0 saturated heterocycles. The average molecular weight is 389 g/mol. The van der Waals surface area contributed by atoms with Crippen LogP contribution < -0.4 is 4.74 Å². The van der Waals surface area contributed by atoms with Gasteiger partial charge in [-0.15, -0.1) is 12.4 Å². The van der Waals surface area contributed by atoms with Gasteiger partial charge < -0.3 is 9.64 Å². The Labute approximate surface area is 171 Å². The molecule has 0 unspecified atom stereocenters. The van der Waals surface area contributed by atoms with Crippen molar-refractivity contribution in [3.8, 4) is 5.75 Å². The number of nitrogens with zero attached hydrogens (tertiary/aromatic N) is 2. The van der Waals surface area contributed by atoms with E-state index in [9.17, 15) is 0 Å². The first-order chi connectivity index (χ1) is 13.4. The average Bonchev–Trinajstić information content (AvgIpc) is 3.23. The van der Waals surface area contributed by atoms with E-state index in [1.165, 1.54) is 28.0 Å². The predicted octanol–water partition coefficient (Wildman–Crippen LogP) is 5.26. The molecular weight excluding hydrogens is 368 g/mol. The number of hydrogen-bond donors (Lipinski definition) is 0. The predicted molar refractivity (Wildman–Crippen MR) is 117 cm³/mol. The number of benzene rings is 3. The van der Waals surface area contributed by atoms with Gasteiger partial charge in [-0.05, 0) is 47.0 Å². The van der Waals surface area contributed by atoms with Gasteiger partial charge in [0.15, 0.2) is 0 Å². The van der Waals surface area contributed by atoms with E-state index in [4.69, 9.17) is 9.73 Å². The van der Waals surface area contributed by atoms with Crippen LogP contribution in [0, 0.1) is 0 Å². The first-order valence-corrected chi connectivity index (χ1v) is 9.29. The molecule has 3 aromatic carbocycles. The van der Waals surface area contributed by atoms with E-state index in [2.05, 4.69) is 59.5 Å². The lowest BCUT2D eigenvalue weighted by atomic mass is 9.97. The van der Waals surface area contributed by atoms with E-state index in [1.54, 1.807) is 0 Å². The molecular formula is C24H21ClN2O. The Kier molecular flexibility index (Phi) is 5.18. The highest BCUT2D eigenvalue weighted by Crippen LogP contribution is 2.33. The second-order valence-corrected chi connectivity index (χ2v) is 6.77. The fourth-order valence-electron chi connectivity index (χ4n) is 3.67. The minimum absolute atomic E-state index is 0. The van der Waals surface area contributed by atoms with Gasteiger partial charge in [-0.25, -0.2) is 0 Å². The highest BCUT2D eigenvalue weighted by atomic mass is 35.5. The maximum atomic E-state index is 5.92. The molecule has 3 nitrogen and oxygen atoms in total. The molecule has 28 heavy (non-hydrogen) atoms. The van der Waals surface area contributed by atoms with E-state index in [0.29, 0.717) is 6.61 Å². The summed E-state index contributed by atoms with van der Waals surface area (Å²) in [6.07, 6.45) is 2.26. The van der Waals surface area contributed by atoms with Crippen LogP contribution >= 0.6 is 12.4 Å². The maximum absolute atomic E-state index is 5.92. The van der Waals surface area contributed by atoms with Crippen molar-refractivity contribution in [1.82, 2.24) is 4.90 Å². The number of aliphatic imine (C=N–C) groups is 1. The van der Waals surface area contributed by atoms with E-state index < -0.39 is 0 Å². The van der Waals surface area contributed by atoms with Crippen molar-refractivity contribution in [3.05, 3.63) is 101 Å². The second kappa shape index (κ2) is 7.91. The van der Waals surface area contributed by atoms with Gasteiger partial charge in [-0.2, -0.15) is 0 Å². The Morgan fingerprint density at radius 2 is 1.61 bits per heavy atom. The first-order valence-electron chi connectivity index (χ1n) is 9.29. The third kappa shape index (κ3) is 3.41. The number of hydrogen-bond acceptors (Lipinski definition) is 3. The van der Waals surface area contributed by atoms with E-state index in [-0.39, 0.29) is 12.4 Å². The van der Waals surface area contributed by atoms with Crippen LogP contribution in [0.5, 0.6) is 5.75 Å². The molecule has 0 saturated carbocycles. The third-order valence-electron chi connectivity index (χ3n) is 5.02. The van der Waals surface area contributed by atoms with Crippen molar-refractivity contribution in [2.45, 2.75) is 6.61 Å². The van der Waals surface area contributed by atoms with E-state index >= 15 is 0 Å². The molecule has 0 N–H and O–H groups in total. The molecule has 2 aliphatic heterocycles. The van der Waals surface area contributed by atoms with Crippen molar-refractivity contribution < 1.29 is 4.74 Å². The molecule has 3 aromatic rings. The summed E-state index contributed by atoms with van der Waals surface area (Å²) in [7, 11) is 0. The Balaban J connectivity index is 0.00000192. The molecule has 0 radical (unpaired) electrons. The number of rotatable bonds is 4. The normalized spacial score (nSPS) is 14.4. The SMILES string of the molecule is C1=C(c2ccc(OCc3ccccc3)cc2)N2CCN=C2c2ccccc21.Cl.